The van der Waals surface area contributed by atoms with Crippen LogP contribution in [0.25, 0.3) is 0 Å². The van der Waals surface area contributed by atoms with Crippen LogP contribution < -0.4 is 5.32 Å². The van der Waals surface area contributed by atoms with Gasteiger partial charge in [0, 0.05) is 38.4 Å². The molecule has 5 heteroatoms. The van der Waals surface area contributed by atoms with Crippen molar-refractivity contribution < 1.29 is 4.74 Å². The molecule has 2 rings (SSSR count). The summed E-state index contributed by atoms with van der Waals surface area (Å²) in [5.74, 6) is 1.87. The minimum absolute atomic E-state index is 0.153. The van der Waals surface area contributed by atoms with Crippen molar-refractivity contribution in [2.45, 2.75) is 45.1 Å². The average molecular weight is 310 g/mol. The van der Waals surface area contributed by atoms with Gasteiger partial charge in [0.25, 0.3) is 0 Å². The van der Waals surface area contributed by atoms with Gasteiger partial charge in [-0.3, -0.25) is 4.99 Å². The van der Waals surface area contributed by atoms with E-state index in [-0.39, 0.29) is 5.54 Å². The lowest BCUT2D eigenvalue weighted by molar-refractivity contribution is -0.00266. The molecule has 0 aromatic rings. The van der Waals surface area contributed by atoms with Gasteiger partial charge >= 0.3 is 0 Å². The van der Waals surface area contributed by atoms with E-state index in [1.807, 2.05) is 0 Å². The van der Waals surface area contributed by atoms with Crippen LogP contribution in [0.1, 0.15) is 39.5 Å². The molecular weight excluding hydrogens is 276 g/mol. The van der Waals surface area contributed by atoms with Crippen molar-refractivity contribution in [1.82, 2.24) is 15.1 Å². The summed E-state index contributed by atoms with van der Waals surface area (Å²) in [7, 11) is 4.35. The third kappa shape index (κ3) is 4.35. The van der Waals surface area contributed by atoms with Gasteiger partial charge in [0.05, 0.1) is 6.54 Å². The zero-order chi connectivity index (χ0) is 16.0. The van der Waals surface area contributed by atoms with Crippen LogP contribution in [0.5, 0.6) is 0 Å². The van der Waals surface area contributed by atoms with Crippen molar-refractivity contribution in [3.8, 4) is 0 Å². The van der Waals surface area contributed by atoms with Crippen molar-refractivity contribution in [3.63, 3.8) is 0 Å². The van der Waals surface area contributed by atoms with Gasteiger partial charge in [0.15, 0.2) is 5.96 Å². The highest BCUT2D eigenvalue weighted by molar-refractivity contribution is 5.80. The Kier molecular flexibility index (Phi) is 6.50. The highest BCUT2D eigenvalue weighted by Crippen LogP contribution is 2.26. The number of hydrogen-bond acceptors (Lipinski definition) is 3. The van der Waals surface area contributed by atoms with Crippen molar-refractivity contribution in [1.29, 1.82) is 0 Å². The molecule has 0 spiro atoms. The molecular formula is C17H34N4O. The van der Waals surface area contributed by atoms with Crippen LogP contribution in [-0.2, 0) is 4.74 Å². The van der Waals surface area contributed by atoms with Crippen molar-refractivity contribution >= 4 is 5.96 Å². The predicted molar refractivity (Wildman–Crippen MR) is 92.4 cm³/mol. The number of hydrogen-bond donors (Lipinski definition) is 1. The van der Waals surface area contributed by atoms with Gasteiger partial charge in [-0.2, -0.15) is 0 Å². The van der Waals surface area contributed by atoms with E-state index in [0.717, 1.165) is 64.1 Å². The zero-order valence-electron chi connectivity index (χ0n) is 14.9. The highest BCUT2D eigenvalue weighted by atomic mass is 16.5. The first kappa shape index (κ1) is 17.5. The minimum atomic E-state index is 0.153. The molecule has 0 saturated carbocycles. The Bertz CT molecular complexity index is 364. The van der Waals surface area contributed by atoms with Crippen LogP contribution in [-0.4, -0.2) is 74.8 Å². The Labute approximate surface area is 136 Å². The standard InChI is InChI=1S/C17H34N4O/c1-5-18-16(21-10-6-7-15(2)13-21)19-14-17(20(3)4)8-11-22-12-9-17/h15H,5-14H2,1-4H3,(H,18,19). The third-order valence-corrected chi connectivity index (χ3v) is 5.19. The number of ether oxygens (including phenoxy) is 1. The number of guanidine groups is 1. The lowest BCUT2D eigenvalue weighted by Crippen LogP contribution is -2.52. The summed E-state index contributed by atoms with van der Waals surface area (Å²) in [4.78, 5) is 9.82. The number of aliphatic imine (C=N–C) groups is 1. The molecule has 1 N–H and O–H groups in total. The molecule has 1 unspecified atom stereocenters. The Morgan fingerprint density at radius 3 is 2.68 bits per heavy atom. The quantitative estimate of drug-likeness (QED) is 0.635. The van der Waals surface area contributed by atoms with E-state index in [1.165, 1.54) is 12.8 Å². The van der Waals surface area contributed by atoms with E-state index in [9.17, 15) is 0 Å². The molecule has 0 bridgehead atoms. The van der Waals surface area contributed by atoms with E-state index in [0.29, 0.717) is 0 Å². The number of nitrogens with zero attached hydrogens (tertiary/aromatic N) is 3. The summed E-state index contributed by atoms with van der Waals surface area (Å²) >= 11 is 0. The molecule has 1 atom stereocenters. The number of likely N-dealkylation sites (tertiary alicyclic amines) is 1. The Morgan fingerprint density at radius 1 is 1.36 bits per heavy atom. The Morgan fingerprint density at radius 2 is 2.09 bits per heavy atom. The molecule has 2 aliphatic rings. The van der Waals surface area contributed by atoms with Crippen molar-refractivity contribution in [2.24, 2.45) is 10.9 Å². The lowest BCUT2D eigenvalue weighted by Gasteiger charge is -2.42. The first-order chi connectivity index (χ1) is 10.6. The molecule has 0 radical (unpaired) electrons. The molecule has 0 aromatic heterocycles. The maximum atomic E-state index is 5.56. The second-order valence-electron chi connectivity index (χ2n) is 7.09. The smallest absolute Gasteiger partial charge is 0.193 e. The van der Waals surface area contributed by atoms with Gasteiger partial charge in [0.1, 0.15) is 0 Å². The summed E-state index contributed by atoms with van der Waals surface area (Å²) in [5.41, 5.74) is 0.153. The summed E-state index contributed by atoms with van der Waals surface area (Å²) in [6.45, 7) is 10.3. The van der Waals surface area contributed by atoms with E-state index in [1.54, 1.807) is 0 Å². The molecule has 22 heavy (non-hydrogen) atoms. The van der Waals surface area contributed by atoms with Gasteiger partial charge < -0.3 is 19.9 Å². The maximum Gasteiger partial charge on any atom is 0.193 e. The first-order valence-corrected chi connectivity index (χ1v) is 8.86. The van der Waals surface area contributed by atoms with E-state index in [4.69, 9.17) is 9.73 Å². The van der Waals surface area contributed by atoms with Crippen LogP contribution in [0.3, 0.4) is 0 Å². The zero-order valence-corrected chi connectivity index (χ0v) is 14.9. The molecule has 5 nitrogen and oxygen atoms in total. The van der Waals surface area contributed by atoms with Crippen molar-refractivity contribution in [2.75, 3.05) is 53.5 Å². The average Bonchev–Trinajstić information content (AvgIpc) is 2.52. The summed E-state index contributed by atoms with van der Waals surface area (Å²) < 4.78 is 5.56. The van der Waals surface area contributed by atoms with Gasteiger partial charge in [-0.25, -0.2) is 0 Å². The summed E-state index contributed by atoms with van der Waals surface area (Å²) in [6, 6.07) is 0. The fourth-order valence-electron chi connectivity index (χ4n) is 3.53. The van der Waals surface area contributed by atoms with Gasteiger partial charge in [0.2, 0.25) is 0 Å². The van der Waals surface area contributed by atoms with E-state index in [2.05, 4.69) is 43.1 Å². The third-order valence-electron chi connectivity index (χ3n) is 5.19. The second-order valence-corrected chi connectivity index (χ2v) is 7.09. The van der Waals surface area contributed by atoms with Gasteiger partial charge in [-0.15, -0.1) is 0 Å². The predicted octanol–water partition coefficient (Wildman–Crippen LogP) is 1.79. The second kappa shape index (κ2) is 8.16. The van der Waals surface area contributed by atoms with Gasteiger partial charge in [-0.1, -0.05) is 6.92 Å². The molecule has 0 aliphatic carbocycles. The SMILES string of the molecule is CCNC(=NCC1(N(C)C)CCOCC1)N1CCCC(C)C1. The summed E-state index contributed by atoms with van der Waals surface area (Å²) in [6.07, 6.45) is 4.76. The number of rotatable bonds is 4. The van der Waals surface area contributed by atoms with E-state index >= 15 is 0 Å². The van der Waals surface area contributed by atoms with Crippen LogP contribution in [0.15, 0.2) is 4.99 Å². The number of piperidine rings is 1. The molecule has 0 aromatic carbocycles. The number of nitrogens with one attached hydrogen (secondary N) is 1. The topological polar surface area (TPSA) is 40.1 Å². The monoisotopic (exact) mass is 310 g/mol. The molecule has 128 valence electrons. The Balaban J connectivity index is 2.07. The van der Waals surface area contributed by atoms with Crippen LogP contribution in [0, 0.1) is 5.92 Å². The minimum Gasteiger partial charge on any atom is -0.381 e. The number of likely N-dealkylation sites (N-methyl/N-ethyl adjacent to an activating group) is 1. The van der Waals surface area contributed by atoms with Crippen LogP contribution >= 0.6 is 0 Å². The van der Waals surface area contributed by atoms with Gasteiger partial charge in [-0.05, 0) is 52.6 Å². The molecule has 2 saturated heterocycles. The maximum absolute atomic E-state index is 5.56. The molecule has 2 heterocycles. The van der Waals surface area contributed by atoms with E-state index < -0.39 is 0 Å². The molecule has 0 amide bonds. The van der Waals surface area contributed by atoms with Crippen molar-refractivity contribution in [3.05, 3.63) is 0 Å². The first-order valence-electron chi connectivity index (χ1n) is 8.86. The normalized spacial score (nSPS) is 26.3. The summed E-state index contributed by atoms with van der Waals surface area (Å²) in [5, 5.41) is 3.49. The van der Waals surface area contributed by atoms with Crippen LogP contribution in [0.2, 0.25) is 0 Å². The van der Waals surface area contributed by atoms with Crippen LogP contribution in [0.4, 0.5) is 0 Å². The highest BCUT2D eigenvalue weighted by Gasteiger charge is 2.35. The molecule has 2 aliphatic heterocycles. The fourth-order valence-corrected chi connectivity index (χ4v) is 3.53. The largest absolute Gasteiger partial charge is 0.381 e. The Hall–Kier alpha value is -0.810. The molecule has 2 fully saturated rings. The fraction of sp³-hybridized carbons (Fsp3) is 0.941. The lowest BCUT2D eigenvalue weighted by atomic mass is 9.89.